The minimum Gasteiger partial charge on any atom is -0.480 e. The average molecular weight is 183 g/mol. The van der Waals surface area contributed by atoms with Gasteiger partial charge >= 0.3 is 5.97 Å². The van der Waals surface area contributed by atoms with Crippen LogP contribution in [0.2, 0.25) is 0 Å². The third-order valence-corrected chi connectivity index (χ3v) is 1.84. The number of hydrogen-bond donors (Lipinski definition) is 1. The van der Waals surface area contributed by atoms with Gasteiger partial charge in [-0.1, -0.05) is 5.92 Å². The van der Waals surface area contributed by atoms with Gasteiger partial charge in [-0.3, -0.25) is 4.79 Å². The number of carboxylic acids is 1. The second kappa shape index (κ2) is 3.46. The van der Waals surface area contributed by atoms with E-state index in [-0.39, 0.29) is 12.6 Å². The van der Waals surface area contributed by atoms with Crippen LogP contribution in [0.1, 0.15) is 6.92 Å². The standard InChI is InChI=1S/C8H9NO4/c1-3-6-7(8(11)12)9(4-13-6)5(2)10/h1,6-7H,4H2,2H3,(H,11,12)/t6-,7+/m1/s1. The third-order valence-electron chi connectivity index (χ3n) is 1.84. The van der Waals surface area contributed by atoms with Crippen molar-refractivity contribution in [1.29, 1.82) is 0 Å². The number of hydrogen-bond acceptors (Lipinski definition) is 3. The first kappa shape index (κ1) is 9.55. The van der Waals surface area contributed by atoms with E-state index >= 15 is 0 Å². The van der Waals surface area contributed by atoms with E-state index < -0.39 is 18.1 Å². The third kappa shape index (κ3) is 1.63. The van der Waals surface area contributed by atoms with E-state index in [1.807, 2.05) is 0 Å². The van der Waals surface area contributed by atoms with Crippen molar-refractivity contribution in [3.05, 3.63) is 0 Å². The van der Waals surface area contributed by atoms with Crippen molar-refractivity contribution in [1.82, 2.24) is 4.90 Å². The molecule has 0 aromatic rings. The van der Waals surface area contributed by atoms with Crippen LogP contribution in [0.5, 0.6) is 0 Å². The molecule has 70 valence electrons. The Balaban J connectivity index is 2.86. The quantitative estimate of drug-likeness (QED) is 0.545. The normalized spacial score (nSPS) is 26.9. The molecule has 0 unspecified atom stereocenters. The highest BCUT2D eigenvalue weighted by atomic mass is 16.5. The molecule has 1 saturated heterocycles. The maximum Gasteiger partial charge on any atom is 0.330 e. The van der Waals surface area contributed by atoms with Gasteiger partial charge in [-0.25, -0.2) is 4.79 Å². The molecule has 0 aliphatic carbocycles. The fourth-order valence-electron chi connectivity index (χ4n) is 1.18. The highest BCUT2D eigenvalue weighted by Crippen LogP contribution is 2.16. The number of amides is 1. The topological polar surface area (TPSA) is 66.8 Å². The number of carbonyl (C=O) groups excluding carboxylic acids is 1. The molecule has 1 rings (SSSR count). The van der Waals surface area contributed by atoms with Crippen LogP contribution in [0.4, 0.5) is 0 Å². The van der Waals surface area contributed by atoms with Crippen molar-refractivity contribution in [3.8, 4) is 12.3 Å². The van der Waals surface area contributed by atoms with Gasteiger partial charge in [-0.15, -0.1) is 6.42 Å². The van der Waals surface area contributed by atoms with Crippen LogP contribution in [-0.4, -0.2) is 40.8 Å². The van der Waals surface area contributed by atoms with E-state index in [1.165, 1.54) is 6.92 Å². The summed E-state index contributed by atoms with van der Waals surface area (Å²) >= 11 is 0. The first-order valence-electron chi connectivity index (χ1n) is 3.65. The Morgan fingerprint density at radius 3 is 2.69 bits per heavy atom. The molecule has 1 aliphatic heterocycles. The van der Waals surface area contributed by atoms with Gasteiger partial charge in [0.05, 0.1) is 0 Å². The van der Waals surface area contributed by atoms with E-state index in [9.17, 15) is 9.59 Å². The smallest absolute Gasteiger partial charge is 0.330 e. The van der Waals surface area contributed by atoms with E-state index in [0.29, 0.717) is 0 Å². The summed E-state index contributed by atoms with van der Waals surface area (Å²) < 4.78 is 4.94. The fourth-order valence-corrected chi connectivity index (χ4v) is 1.18. The van der Waals surface area contributed by atoms with Crippen molar-refractivity contribution >= 4 is 11.9 Å². The Hall–Kier alpha value is -1.54. The maximum atomic E-state index is 10.9. The SMILES string of the molecule is C#C[C@H]1OCN(C(C)=O)[C@@H]1C(=O)O. The number of nitrogens with zero attached hydrogens (tertiary/aromatic N) is 1. The number of aliphatic carboxylic acids is 1. The molecule has 1 aliphatic rings. The lowest BCUT2D eigenvalue weighted by atomic mass is 10.1. The van der Waals surface area contributed by atoms with Crippen LogP contribution in [0.3, 0.4) is 0 Å². The van der Waals surface area contributed by atoms with E-state index in [0.717, 1.165) is 4.90 Å². The average Bonchev–Trinajstić information content (AvgIpc) is 2.46. The Bertz CT molecular complexity index is 280. The largest absolute Gasteiger partial charge is 0.480 e. The molecule has 1 amide bonds. The molecule has 1 fully saturated rings. The summed E-state index contributed by atoms with van der Waals surface area (Å²) in [7, 11) is 0. The highest BCUT2D eigenvalue weighted by Gasteiger charge is 2.40. The van der Waals surface area contributed by atoms with Gasteiger partial charge in [0.1, 0.15) is 6.73 Å². The van der Waals surface area contributed by atoms with Crippen molar-refractivity contribution in [2.45, 2.75) is 19.1 Å². The van der Waals surface area contributed by atoms with Crippen LogP contribution in [-0.2, 0) is 14.3 Å². The first-order valence-corrected chi connectivity index (χ1v) is 3.65. The summed E-state index contributed by atoms with van der Waals surface area (Å²) in [6.07, 6.45) is 4.20. The molecular formula is C8H9NO4. The lowest BCUT2D eigenvalue weighted by molar-refractivity contribution is -0.147. The molecule has 13 heavy (non-hydrogen) atoms. The zero-order chi connectivity index (χ0) is 10.0. The van der Waals surface area contributed by atoms with Gasteiger partial charge in [0.2, 0.25) is 5.91 Å². The summed E-state index contributed by atoms with van der Waals surface area (Å²) in [5, 5.41) is 8.76. The van der Waals surface area contributed by atoms with Crippen molar-refractivity contribution in [2.24, 2.45) is 0 Å². The summed E-state index contributed by atoms with van der Waals surface area (Å²) in [6.45, 7) is 1.22. The van der Waals surface area contributed by atoms with Crippen LogP contribution < -0.4 is 0 Å². The van der Waals surface area contributed by atoms with Crippen LogP contribution in [0.25, 0.3) is 0 Å². The van der Waals surface area contributed by atoms with Gasteiger partial charge in [-0.05, 0) is 0 Å². The Morgan fingerprint density at radius 2 is 2.31 bits per heavy atom. The van der Waals surface area contributed by atoms with Gasteiger partial charge in [0, 0.05) is 6.92 Å². The predicted octanol–water partition coefficient (Wildman–Crippen LogP) is -0.722. The van der Waals surface area contributed by atoms with E-state index in [2.05, 4.69) is 5.92 Å². The molecule has 0 bridgehead atoms. The van der Waals surface area contributed by atoms with Gasteiger partial charge in [0.15, 0.2) is 12.1 Å². The second-order valence-electron chi connectivity index (χ2n) is 2.65. The van der Waals surface area contributed by atoms with Crippen LogP contribution >= 0.6 is 0 Å². The summed E-state index contributed by atoms with van der Waals surface area (Å²) in [4.78, 5) is 22.7. The fraction of sp³-hybridized carbons (Fsp3) is 0.500. The van der Waals surface area contributed by atoms with Crippen molar-refractivity contribution in [3.63, 3.8) is 0 Å². The van der Waals surface area contributed by atoms with Gasteiger partial charge in [0.25, 0.3) is 0 Å². The molecule has 0 saturated carbocycles. The molecule has 0 aromatic heterocycles. The highest BCUT2D eigenvalue weighted by molar-refractivity contribution is 5.83. The first-order chi connectivity index (χ1) is 6.07. The lowest BCUT2D eigenvalue weighted by Crippen LogP contribution is -2.43. The van der Waals surface area contributed by atoms with Crippen molar-refractivity contribution in [2.75, 3.05) is 6.73 Å². The van der Waals surface area contributed by atoms with Gasteiger partial charge < -0.3 is 14.7 Å². The molecule has 1 heterocycles. The molecule has 1 N–H and O–H groups in total. The Kier molecular flexibility index (Phi) is 2.54. The number of ether oxygens (including phenoxy) is 1. The number of terminal acetylenes is 1. The van der Waals surface area contributed by atoms with E-state index in [1.54, 1.807) is 0 Å². The summed E-state index contributed by atoms with van der Waals surface area (Å²) in [5.41, 5.74) is 0. The minimum absolute atomic E-state index is 0.0544. The van der Waals surface area contributed by atoms with Crippen molar-refractivity contribution < 1.29 is 19.4 Å². The lowest BCUT2D eigenvalue weighted by Gasteiger charge is -2.17. The molecule has 0 spiro atoms. The monoisotopic (exact) mass is 183 g/mol. The molecular weight excluding hydrogens is 174 g/mol. The number of carboxylic acid groups (broad SMARTS) is 1. The zero-order valence-electron chi connectivity index (χ0n) is 7.06. The van der Waals surface area contributed by atoms with E-state index in [4.69, 9.17) is 16.3 Å². The maximum absolute atomic E-state index is 10.9. The molecule has 0 radical (unpaired) electrons. The minimum atomic E-state index is -1.14. The zero-order valence-corrected chi connectivity index (χ0v) is 7.06. The van der Waals surface area contributed by atoms with Crippen LogP contribution in [0.15, 0.2) is 0 Å². The summed E-state index contributed by atoms with van der Waals surface area (Å²) in [5.74, 6) is 0.684. The molecule has 5 nitrogen and oxygen atoms in total. The Morgan fingerprint density at radius 1 is 1.69 bits per heavy atom. The summed E-state index contributed by atoms with van der Waals surface area (Å²) in [6, 6.07) is -1.05. The number of rotatable bonds is 1. The molecule has 0 aromatic carbocycles. The number of carbonyl (C=O) groups is 2. The van der Waals surface area contributed by atoms with Crippen LogP contribution in [0, 0.1) is 12.3 Å². The molecule has 5 heteroatoms. The predicted molar refractivity (Wildman–Crippen MR) is 42.5 cm³/mol. The van der Waals surface area contributed by atoms with Gasteiger partial charge in [-0.2, -0.15) is 0 Å². The Labute approximate surface area is 75.3 Å². The second-order valence-corrected chi connectivity index (χ2v) is 2.65. The molecule has 2 atom stereocenters.